The van der Waals surface area contributed by atoms with Gasteiger partial charge in [-0.05, 0) is 31.9 Å². The molecule has 1 rings (SSSR count). The minimum absolute atomic E-state index is 0.0276. The Labute approximate surface area is 115 Å². The Morgan fingerprint density at radius 2 is 1.79 bits per heavy atom. The number of carbonyl (C=O) groups is 1. The average Bonchev–Trinajstić information content (AvgIpc) is 2.37. The number of anilines is 1. The lowest BCUT2D eigenvalue weighted by Gasteiger charge is -2.24. The minimum Gasteiger partial charge on any atom is -0.395 e. The van der Waals surface area contributed by atoms with Crippen LogP contribution in [0.2, 0.25) is 0 Å². The Kier molecular flexibility index (Phi) is 5.99. The van der Waals surface area contributed by atoms with Crippen molar-refractivity contribution >= 4 is 11.6 Å². The van der Waals surface area contributed by atoms with E-state index in [0.29, 0.717) is 0 Å². The first kappa shape index (κ1) is 15.7. The lowest BCUT2D eigenvalue weighted by Crippen LogP contribution is -2.47. The number of nitrogens with one attached hydrogen (secondary N) is 2. The van der Waals surface area contributed by atoms with Crippen molar-refractivity contribution in [1.82, 2.24) is 5.32 Å². The highest BCUT2D eigenvalue weighted by Crippen LogP contribution is 2.09. The van der Waals surface area contributed by atoms with Gasteiger partial charge >= 0.3 is 0 Å². The molecule has 0 heterocycles. The summed E-state index contributed by atoms with van der Waals surface area (Å²) < 4.78 is 0. The quantitative estimate of drug-likeness (QED) is 0.735. The Balaban J connectivity index is 2.55. The molecule has 0 aliphatic rings. The molecule has 4 heteroatoms. The standard InChI is InChI=1S/C15H24N2O2/c1-10(2)14(9-18)16-12(4)15(19)17-13-7-5-11(3)6-8-13/h5-8,10,12,14,16,18H,9H2,1-4H3,(H,17,19)/t12?,14-/m1/s1. The van der Waals surface area contributed by atoms with Gasteiger partial charge in [0.15, 0.2) is 0 Å². The van der Waals surface area contributed by atoms with E-state index >= 15 is 0 Å². The molecule has 1 amide bonds. The van der Waals surface area contributed by atoms with Gasteiger partial charge in [-0.2, -0.15) is 0 Å². The zero-order valence-electron chi connectivity index (χ0n) is 12.1. The molecule has 106 valence electrons. The highest BCUT2D eigenvalue weighted by atomic mass is 16.3. The van der Waals surface area contributed by atoms with Gasteiger partial charge in [0.05, 0.1) is 12.6 Å². The van der Waals surface area contributed by atoms with Crippen molar-refractivity contribution in [3.8, 4) is 0 Å². The molecule has 0 aliphatic carbocycles. The summed E-state index contributed by atoms with van der Waals surface area (Å²) in [4.78, 5) is 12.0. The molecular formula is C15H24N2O2. The van der Waals surface area contributed by atoms with Crippen LogP contribution >= 0.6 is 0 Å². The highest BCUT2D eigenvalue weighted by molar-refractivity contribution is 5.94. The molecule has 0 saturated carbocycles. The van der Waals surface area contributed by atoms with Gasteiger partial charge in [-0.25, -0.2) is 0 Å². The van der Waals surface area contributed by atoms with Crippen molar-refractivity contribution < 1.29 is 9.90 Å². The number of benzene rings is 1. The summed E-state index contributed by atoms with van der Waals surface area (Å²) in [6.07, 6.45) is 0. The van der Waals surface area contributed by atoms with Crippen LogP contribution in [-0.4, -0.2) is 29.7 Å². The third-order valence-electron chi connectivity index (χ3n) is 3.18. The molecule has 0 radical (unpaired) electrons. The number of hydrogen-bond acceptors (Lipinski definition) is 3. The highest BCUT2D eigenvalue weighted by Gasteiger charge is 2.19. The molecule has 0 aliphatic heterocycles. The predicted molar refractivity (Wildman–Crippen MR) is 78.1 cm³/mol. The first-order chi connectivity index (χ1) is 8.93. The fraction of sp³-hybridized carbons (Fsp3) is 0.533. The SMILES string of the molecule is Cc1ccc(NC(=O)C(C)N[C@H](CO)C(C)C)cc1. The lowest BCUT2D eigenvalue weighted by atomic mass is 10.0. The van der Waals surface area contributed by atoms with E-state index in [1.54, 1.807) is 6.92 Å². The third kappa shape index (κ3) is 5.01. The maximum absolute atomic E-state index is 12.0. The second-order valence-electron chi connectivity index (χ2n) is 5.28. The maximum Gasteiger partial charge on any atom is 0.241 e. The summed E-state index contributed by atoms with van der Waals surface area (Å²) in [6.45, 7) is 7.86. The molecule has 1 unspecified atom stereocenters. The molecule has 2 atom stereocenters. The number of aliphatic hydroxyl groups excluding tert-OH is 1. The van der Waals surface area contributed by atoms with Gasteiger partial charge in [0.2, 0.25) is 5.91 Å². The Morgan fingerprint density at radius 3 is 2.26 bits per heavy atom. The predicted octanol–water partition coefficient (Wildman–Crippen LogP) is 1.93. The number of carbonyl (C=O) groups excluding carboxylic acids is 1. The van der Waals surface area contributed by atoms with Crippen LogP contribution < -0.4 is 10.6 Å². The van der Waals surface area contributed by atoms with E-state index in [1.807, 2.05) is 45.0 Å². The fourth-order valence-corrected chi connectivity index (χ4v) is 1.74. The van der Waals surface area contributed by atoms with Crippen molar-refractivity contribution in [1.29, 1.82) is 0 Å². The van der Waals surface area contributed by atoms with Crippen LogP contribution in [0, 0.1) is 12.8 Å². The Morgan fingerprint density at radius 1 is 1.21 bits per heavy atom. The maximum atomic E-state index is 12.0. The number of aryl methyl sites for hydroxylation is 1. The molecule has 0 bridgehead atoms. The summed E-state index contributed by atoms with van der Waals surface area (Å²) in [5.74, 6) is 0.183. The van der Waals surface area contributed by atoms with Crippen LogP contribution in [0.4, 0.5) is 5.69 Å². The van der Waals surface area contributed by atoms with E-state index < -0.39 is 0 Å². The average molecular weight is 264 g/mol. The van der Waals surface area contributed by atoms with Crippen LogP contribution in [-0.2, 0) is 4.79 Å². The molecule has 0 fully saturated rings. The molecule has 4 nitrogen and oxygen atoms in total. The van der Waals surface area contributed by atoms with Crippen LogP contribution in [0.3, 0.4) is 0 Å². The Hall–Kier alpha value is -1.39. The van der Waals surface area contributed by atoms with Gasteiger partial charge in [0.1, 0.15) is 0 Å². The first-order valence-corrected chi connectivity index (χ1v) is 6.68. The number of amides is 1. The van der Waals surface area contributed by atoms with Gasteiger partial charge in [0.25, 0.3) is 0 Å². The van der Waals surface area contributed by atoms with E-state index in [9.17, 15) is 9.90 Å². The van der Waals surface area contributed by atoms with Crippen molar-refractivity contribution in [2.75, 3.05) is 11.9 Å². The first-order valence-electron chi connectivity index (χ1n) is 6.68. The van der Waals surface area contributed by atoms with E-state index in [1.165, 1.54) is 0 Å². The molecular weight excluding hydrogens is 240 g/mol. The van der Waals surface area contributed by atoms with Crippen molar-refractivity contribution in [2.24, 2.45) is 5.92 Å². The van der Waals surface area contributed by atoms with Crippen molar-refractivity contribution in [3.05, 3.63) is 29.8 Å². The van der Waals surface area contributed by atoms with Gasteiger partial charge in [-0.1, -0.05) is 31.5 Å². The van der Waals surface area contributed by atoms with Crippen molar-refractivity contribution in [2.45, 2.75) is 39.8 Å². The van der Waals surface area contributed by atoms with E-state index in [0.717, 1.165) is 11.3 Å². The zero-order valence-corrected chi connectivity index (χ0v) is 12.1. The normalized spacial score (nSPS) is 14.2. The van der Waals surface area contributed by atoms with Crippen LogP contribution in [0.1, 0.15) is 26.3 Å². The summed E-state index contributed by atoms with van der Waals surface area (Å²) in [6, 6.07) is 7.26. The summed E-state index contributed by atoms with van der Waals surface area (Å²) in [5.41, 5.74) is 1.94. The summed E-state index contributed by atoms with van der Waals surface area (Å²) in [5, 5.41) is 15.2. The van der Waals surface area contributed by atoms with Crippen LogP contribution in [0.5, 0.6) is 0 Å². The largest absolute Gasteiger partial charge is 0.395 e. The van der Waals surface area contributed by atoms with Crippen molar-refractivity contribution in [3.63, 3.8) is 0 Å². The molecule has 1 aromatic carbocycles. The molecule has 0 spiro atoms. The summed E-state index contributed by atoms with van der Waals surface area (Å²) >= 11 is 0. The lowest BCUT2D eigenvalue weighted by molar-refractivity contribution is -0.118. The monoisotopic (exact) mass is 264 g/mol. The van der Waals surface area contributed by atoms with Gasteiger partial charge in [-0.15, -0.1) is 0 Å². The number of aliphatic hydroxyl groups is 1. The van der Waals surface area contributed by atoms with E-state index in [2.05, 4.69) is 10.6 Å². The zero-order chi connectivity index (χ0) is 14.4. The second kappa shape index (κ2) is 7.26. The number of rotatable bonds is 6. The molecule has 0 aromatic heterocycles. The van der Waals surface area contributed by atoms with E-state index in [4.69, 9.17) is 0 Å². The molecule has 1 aromatic rings. The Bertz CT molecular complexity index is 401. The van der Waals surface area contributed by atoms with Crippen LogP contribution in [0.15, 0.2) is 24.3 Å². The smallest absolute Gasteiger partial charge is 0.241 e. The minimum atomic E-state index is -0.346. The number of hydrogen-bond donors (Lipinski definition) is 3. The molecule has 3 N–H and O–H groups in total. The molecule has 19 heavy (non-hydrogen) atoms. The fourth-order valence-electron chi connectivity index (χ4n) is 1.74. The third-order valence-corrected chi connectivity index (χ3v) is 3.18. The van der Waals surface area contributed by atoms with E-state index in [-0.39, 0.29) is 30.5 Å². The van der Waals surface area contributed by atoms with Gasteiger partial charge in [-0.3, -0.25) is 4.79 Å². The molecule has 0 saturated heterocycles. The van der Waals surface area contributed by atoms with Gasteiger partial charge in [0, 0.05) is 11.7 Å². The summed E-state index contributed by atoms with van der Waals surface area (Å²) in [7, 11) is 0. The van der Waals surface area contributed by atoms with Gasteiger partial charge < -0.3 is 15.7 Å². The topological polar surface area (TPSA) is 61.4 Å². The van der Waals surface area contributed by atoms with Crippen LogP contribution in [0.25, 0.3) is 0 Å². The second-order valence-corrected chi connectivity index (χ2v) is 5.28.